The average molecular weight is 477 g/mol. The van der Waals surface area contributed by atoms with Crippen LogP contribution in [0.5, 0.6) is 11.5 Å². The summed E-state index contributed by atoms with van der Waals surface area (Å²) in [5.41, 5.74) is -3.08. The molecule has 0 bridgehead atoms. The largest absolute Gasteiger partial charge is 0.508 e. The Morgan fingerprint density at radius 1 is 0.966 bits per heavy atom. The van der Waals surface area contributed by atoms with Crippen molar-refractivity contribution >= 4 is 28.9 Å². The van der Waals surface area contributed by atoms with Crippen LogP contribution in [0.25, 0.3) is 0 Å². The quantitative estimate of drug-likeness (QED) is 0.229. The number of benzene rings is 2. The summed E-state index contributed by atoms with van der Waals surface area (Å²) in [4.78, 5) is 0. The fraction of sp³-hybridized carbons (Fsp3) is 0.222. The molecule has 29 heavy (non-hydrogen) atoms. The van der Waals surface area contributed by atoms with Gasteiger partial charge in [0.25, 0.3) is 13.1 Å². The van der Waals surface area contributed by atoms with Gasteiger partial charge in [-0.25, -0.2) is 17.6 Å². The number of aromatic hydroxyl groups is 2. The summed E-state index contributed by atoms with van der Waals surface area (Å²) >= 11 is 11.0. The molecular weight excluding hydrogens is 461 g/mol. The van der Waals surface area contributed by atoms with Crippen molar-refractivity contribution in [2.24, 2.45) is 0 Å². The minimum absolute atomic E-state index is 0.297. The molecule has 0 fully saturated rings. The third-order valence-corrected chi connectivity index (χ3v) is 5.66. The van der Waals surface area contributed by atoms with Crippen LogP contribution in [-0.2, 0) is 5.41 Å². The second-order valence-electron chi connectivity index (χ2n) is 6.19. The molecule has 0 aromatic heterocycles. The predicted molar refractivity (Wildman–Crippen MR) is 102 cm³/mol. The lowest BCUT2D eigenvalue weighted by Crippen LogP contribution is -2.35. The lowest BCUT2D eigenvalue weighted by atomic mass is 9.75. The van der Waals surface area contributed by atoms with Gasteiger partial charge in [0.05, 0.1) is 5.41 Å². The van der Waals surface area contributed by atoms with E-state index in [1.54, 1.807) is 12.2 Å². The number of hydrogen-bond acceptors (Lipinski definition) is 2. The maximum absolute atomic E-state index is 14.0. The molecule has 1 unspecified atom stereocenters. The van der Waals surface area contributed by atoms with Crippen molar-refractivity contribution in [1.82, 2.24) is 0 Å². The van der Waals surface area contributed by atoms with Crippen molar-refractivity contribution in [1.29, 1.82) is 0 Å². The number of hydrogen-bond donors (Lipinski definition) is 2. The lowest BCUT2D eigenvalue weighted by molar-refractivity contribution is 0.0754. The molecule has 0 amide bonds. The second-order valence-corrected chi connectivity index (χ2v) is 13.8. The van der Waals surface area contributed by atoms with Crippen LogP contribution in [0.15, 0.2) is 36.5 Å². The zero-order valence-electron chi connectivity index (χ0n) is 15.1. The minimum Gasteiger partial charge on any atom is -0.508 e. The van der Waals surface area contributed by atoms with Gasteiger partial charge in [0.15, 0.2) is 17.4 Å². The molecule has 2 rings (SSSR count). The monoisotopic (exact) mass is 476 g/mol. The molecule has 2 N–H and O–H groups in total. The summed E-state index contributed by atoms with van der Waals surface area (Å²) in [5.74, 6) is -10.8. The molecule has 0 aliphatic rings. The number of phenolic OH excluding ortho intramolecular Hbond substituents is 2. The zero-order valence-corrected chi connectivity index (χ0v) is 17.6. The average Bonchev–Trinajstić information content (AvgIpc) is 2.65. The van der Waals surface area contributed by atoms with Gasteiger partial charge in [0.2, 0.25) is 11.6 Å². The van der Waals surface area contributed by atoms with E-state index in [4.69, 9.17) is 27.3 Å². The van der Waals surface area contributed by atoms with Crippen LogP contribution < -0.4 is 0 Å². The Hall–Kier alpha value is -1.84. The molecular formula is C18H16Cl2F6O2Si. The van der Waals surface area contributed by atoms with Crippen LogP contribution in [0.3, 0.4) is 0 Å². The Labute approximate surface area is 173 Å². The van der Waals surface area contributed by atoms with E-state index >= 15 is 0 Å². The van der Waals surface area contributed by atoms with Gasteiger partial charge < -0.3 is 10.2 Å². The lowest BCUT2D eigenvalue weighted by Gasteiger charge is -2.31. The summed E-state index contributed by atoms with van der Waals surface area (Å²) in [5, 5.41) is 18.1. The third-order valence-electron chi connectivity index (χ3n) is 4.02. The summed E-state index contributed by atoms with van der Waals surface area (Å²) < 4.78 is 82.1. The fourth-order valence-corrected chi connectivity index (χ4v) is 2.26. The van der Waals surface area contributed by atoms with E-state index in [0.29, 0.717) is 6.92 Å². The Balaban J connectivity index is 0.000000612. The first-order valence-electron chi connectivity index (χ1n) is 7.82. The standard InChI is InChI=1S/C15H10F6O2.C3H6Cl2Si/c1-15(14(20)21,6-2-4-7(22)5-3-6)8-9(16)11(18)13(23)12(19)10(8)17;1-3-6(2,4)5/h2-5,14,22-23H,1H3;3H,1H2,2H3. The Morgan fingerprint density at radius 3 is 1.66 bits per heavy atom. The summed E-state index contributed by atoms with van der Waals surface area (Å²) in [7, 11) is 0. The molecule has 2 aromatic carbocycles. The van der Waals surface area contributed by atoms with Crippen LogP contribution in [-0.4, -0.2) is 23.3 Å². The number of alkyl halides is 2. The summed E-state index contributed by atoms with van der Waals surface area (Å²) in [6, 6.07) is 3.86. The maximum Gasteiger partial charge on any atom is 0.270 e. The van der Waals surface area contributed by atoms with Gasteiger partial charge in [0.1, 0.15) is 5.75 Å². The number of phenols is 2. The molecule has 160 valence electrons. The minimum atomic E-state index is -3.45. The predicted octanol–water partition coefficient (Wildman–Crippen LogP) is 6.49. The van der Waals surface area contributed by atoms with Gasteiger partial charge in [0, 0.05) is 5.56 Å². The third kappa shape index (κ3) is 5.40. The summed E-state index contributed by atoms with van der Waals surface area (Å²) in [6.07, 6.45) is -3.45. The molecule has 11 heteroatoms. The molecule has 0 saturated heterocycles. The van der Waals surface area contributed by atoms with E-state index < -0.39 is 53.1 Å². The van der Waals surface area contributed by atoms with Crippen molar-refractivity contribution in [3.63, 3.8) is 0 Å². The van der Waals surface area contributed by atoms with Crippen molar-refractivity contribution < 1.29 is 36.6 Å². The normalized spacial score (nSPS) is 13.5. The van der Waals surface area contributed by atoms with Gasteiger partial charge in [-0.2, -0.15) is 8.78 Å². The molecule has 0 saturated carbocycles. The topological polar surface area (TPSA) is 40.5 Å². The van der Waals surface area contributed by atoms with Gasteiger partial charge in [-0.1, -0.05) is 17.8 Å². The number of halogens is 8. The first-order chi connectivity index (χ1) is 13.2. The smallest absolute Gasteiger partial charge is 0.270 e. The molecule has 2 aromatic rings. The van der Waals surface area contributed by atoms with E-state index in [2.05, 4.69) is 6.58 Å². The second kappa shape index (κ2) is 9.31. The number of rotatable bonds is 4. The molecule has 1 atom stereocenters. The summed E-state index contributed by atoms with van der Waals surface area (Å²) in [6.45, 7) is 4.00. The highest BCUT2D eigenvalue weighted by Gasteiger charge is 2.45. The highest BCUT2D eigenvalue weighted by molar-refractivity contribution is 7.47. The van der Waals surface area contributed by atoms with Crippen molar-refractivity contribution in [2.75, 3.05) is 0 Å². The van der Waals surface area contributed by atoms with Crippen molar-refractivity contribution in [3.05, 3.63) is 70.9 Å². The Bertz CT molecular complexity index is 858. The Kier molecular flexibility index (Phi) is 8.09. The molecule has 0 aliphatic carbocycles. The molecule has 0 radical (unpaired) electrons. The van der Waals surface area contributed by atoms with Crippen molar-refractivity contribution in [2.45, 2.75) is 25.3 Å². The van der Waals surface area contributed by atoms with Crippen LogP contribution >= 0.6 is 22.2 Å². The van der Waals surface area contributed by atoms with Gasteiger partial charge >= 0.3 is 0 Å². The van der Waals surface area contributed by atoms with E-state index in [1.165, 1.54) is 0 Å². The first-order valence-corrected chi connectivity index (χ1v) is 12.4. The van der Waals surface area contributed by atoms with Gasteiger partial charge in [-0.05, 0) is 31.2 Å². The van der Waals surface area contributed by atoms with Crippen LogP contribution in [0, 0.1) is 23.3 Å². The van der Waals surface area contributed by atoms with E-state index in [-0.39, 0.29) is 11.3 Å². The SMILES string of the molecule is C=C[Si](C)(Cl)Cl.CC(c1ccc(O)cc1)(c1c(F)c(F)c(O)c(F)c1F)C(F)F. The van der Waals surface area contributed by atoms with Crippen molar-refractivity contribution in [3.8, 4) is 11.5 Å². The van der Waals surface area contributed by atoms with E-state index in [0.717, 1.165) is 24.3 Å². The molecule has 0 heterocycles. The molecule has 0 spiro atoms. The highest BCUT2D eigenvalue weighted by atomic mass is 35.7. The van der Waals surface area contributed by atoms with Crippen LogP contribution in [0.1, 0.15) is 18.1 Å². The van der Waals surface area contributed by atoms with E-state index in [9.17, 15) is 31.4 Å². The molecule has 0 aliphatic heterocycles. The van der Waals surface area contributed by atoms with Gasteiger partial charge in [-0.3, -0.25) is 0 Å². The van der Waals surface area contributed by atoms with Gasteiger partial charge in [-0.15, -0.1) is 28.7 Å². The highest BCUT2D eigenvalue weighted by Crippen LogP contribution is 2.43. The van der Waals surface area contributed by atoms with E-state index in [1.807, 2.05) is 0 Å². The van der Waals surface area contributed by atoms with Crippen LogP contribution in [0.4, 0.5) is 26.3 Å². The molecule has 2 nitrogen and oxygen atoms in total. The zero-order chi connectivity index (χ0) is 22.7. The maximum atomic E-state index is 14.0. The Morgan fingerprint density at radius 2 is 1.34 bits per heavy atom. The fourth-order valence-electron chi connectivity index (χ4n) is 2.26. The first kappa shape index (κ1) is 25.2. The van der Waals surface area contributed by atoms with Crippen LogP contribution in [0.2, 0.25) is 6.55 Å².